The number of hydrogen-bond acceptors (Lipinski definition) is 5. The molecule has 1 aliphatic rings. The second kappa shape index (κ2) is 6.79. The molecule has 130 valence electrons. The van der Waals surface area contributed by atoms with Gasteiger partial charge < -0.3 is 9.73 Å². The van der Waals surface area contributed by atoms with Gasteiger partial charge in [-0.3, -0.25) is 4.79 Å². The number of aliphatic imine (C=N–C) groups is 1. The van der Waals surface area contributed by atoms with Crippen LogP contribution in [0.1, 0.15) is 11.5 Å². The summed E-state index contributed by atoms with van der Waals surface area (Å²) in [7, 11) is 0. The Morgan fingerprint density at radius 2 is 2.08 bits per heavy atom. The summed E-state index contributed by atoms with van der Waals surface area (Å²) in [5.41, 5.74) is 2.81. The molecule has 26 heavy (non-hydrogen) atoms. The van der Waals surface area contributed by atoms with Gasteiger partial charge in [0.05, 0.1) is 15.6 Å². The number of hydrogen-bond donors (Lipinski definition) is 1. The topological polar surface area (TPSA) is 67.5 Å². The van der Waals surface area contributed by atoms with E-state index in [0.29, 0.717) is 37.3 Å². The predicted molar refractivity (Wildman–Crippen MR) is 106 cm³/mol. The minimum Gasteiger partial charge on any atom is -0.441 e. The van der Waals surface area contributed by atoms with Gasteiger partial charge in [0.1, 0.15) is 5.52 Å². The van der Waals surface area contributed by atoms with Gasteiger partial charge in [-0.15, -0.1) is 0 Å². The number of amides is 1. The zero-order valence-electron chi connectivity index (χ0n) is 13.4. The van der Waals surface area contributed by atoms with Crippen molar-refractivity contribution in [2.75, 3.05) is 0 Å². The number of nitrogens with zero attached hydrogens (tertiary/aromatic N) is 2. The molecule has 1 aromatic heterocycles. The lowest BCUT2D eigenvalue weighted by molar-refractivity contribution is -0.115. The zero-order valence-corrected chi connectivity index (χ0v) is 15.7. The largest absolute Gasteiger partial charge is 0.441 e. The average Bonchev–Trinajstić information content (AvgIpc) is 3.12. The van der Waals surface area contributed by atoms with Gasteiger partial charge in [0.2, 0.25) is 0 Å². The van der Waals surface area contributed by atoms with E-state index < -0.39 is 0 Å². The Morgan fingerprint density at radius 1 is 1.23 bits per heavy atom. The molecular weight excluding hydrogens is 393 g/mol. The smallest absolute Gasteiger partial charge is 0.264 e. The van der Waals surface area contributed by atoms with E-state index in [2.05, 4.69) is 15.3 Å². The number of halogens is 2. The number of amidine groups is 1. The Balaban J connectivity index is 1.63. The van der Waals surface area contributed by atoms with Crippen LogP contribution in [0.5, 0.6) is 0 Å². The fourth-order valence-electron chi connectivity index (χ4n) is 2.46. The molecule has 0 bridgehead atoms. The summed E-state index contributed by atoms with van der Waals surface area (Å²) in [6.45, 7) is 1.79. The van der Waals surface area contributed by atoms with E-state index in [1.54, 1.807) is 31.2 Å². The third kappa shape index (κ3) is 3.49. The lowest BCUT2D eigenvalue weighted by Gasteiger charge is -2.00. The molecule has 4 rings (SSSR count). The first-order valence-electron chi connectivity index (χ1n) is 7.60. The molecule has 1 saturated heterocycles. The van der Waals surface area contributed by atoms with Crippen LogP contribution in [0, 0.1) is 6.92 Å². The molecular formula is C18H11Cl2N3O2S. The number of nitrogens with one attached hydrogen (secondary N) is 1. The molecule has 2 heterocycles. The van der Waals surface area contributed by atoms with Crippen LogP contribution in [-0.2, 0) is 4.79 Å². The molecule has 2 aromatic carbocycles. The highest BCUT2D eigenvalue weighted by Crippen LogP contribution is 2.32. The summed E-state index contributed by atoms with van der Waals surface area (Å²) < 4.78 is 5.53. The van der Waals surface area contributed by atoms with E-state index in [0.717, 1.165) is 11.1 Å². The van der Waals surface area contributed by atoms with Crippen molar-refractivity contribution < 1.29 is 9.21 Å². The maximum Gasteiger partial charge on any atom is 0.264 e. The van der Waals surface area contributed by atoms with Gasteiger partial charge in [0.25, 0.3) is 5.91 Å². The summed E-state index contributed by atoms with van der Waals surface area (Å²) in [4.78, 5) is 21.4. The summed E-state index contributed by atoms with van der Waals surface area (Å²) in [5, 5.41) is 4.16. The van der Waals surface area contributed by atoms with Gasteiger partial charge in [-0.25, -0.2) is 9.98 Å². The summed E-state index contributed by atoms with van der Waals surface area (Å²) in [5.74, 6) is 0.381. The minimum atomic E-state index is -0.222. The molecule has 0 saturated carbocycles. The molecule has 5 nitrogen and oxygen atoms in total. The Kier molecular flexibility index (Phi) is 4.48. The standard InChI is InChI=1S/C18H11Cl2N3O2S/c1-9-21-13-5-2-10(6-15(13)25-9)7-16-17(24)23-18(26-16)22-14-8-11(19)3-4-12(14)20/h2-8H,1H3,(H,22,23,24)/b16-7-. The first-order chi connectivity index (χ1) is 12.5. The van der Waals surface area contributed by atoms with Crippen molar-refractivity contribution in [3.63, 3.8) is 0 Å². The predicted octanol–water partition coefficient (Wildman–Crippen LogP) is 5.33. The lowest BCUT2D eigenvalue weighted by Crippen LogP contribution is -2.19. The van der Waals surface area contributed by atoms with Crippen LogP contribution in [0.15, 0.2) is 50.7 Å². The normalized spacial score (nSPS) is 17.4. The van der Waals surface area contributed by atoms with Crippen LogP contribution < -0.4 is 5.32 Å². The van der Waals surface area contributed by atoms with Gasteiger partial charge in [-0.2, -0.15) is 0 Å². The second-order valence-corrected chi connectivity index (χ2v) is 7.41. The van der Waals surface area contributed by atoms with Gasteiger partial charge in [0, 0.05) is 11.9 Å². The molecule has 0 unspecified atom stereocenters. The summed E-state index contributed by atoms with van der Waals surface area (Å²) >= 11 is 13.3. The van der Waals surface area contributed by atoms with Crippen molar-refractivity contribution in [2.24, 2.45) is 4.99 Å². The fraction of sp³-hybridized carbons (Fsp3) is 0.0556. The van der Waals surface area contributed by atoms with Crippen LogP contribution in [0.4, 0.5) is 5.69 Å². The molecule has 0 atom stereocenters. The van der Waals surface area contributed by atoms with Crippen LogP contribution in [0.2, 0.25) is 10.0 Å². The van der Waals surface area contributed by atoms with E-state index in [4.69, 9.17) is 27.6 Å². The quantitative estimate of drug-likeness (QED) is 0.586. The number of thioether (sulfide) groups is 1. The highest BCUT2D eigenvalue weighted by molar-refractivity contribution is 8.18. The first-order valence-corrected chi connectivity index (χ1v) is 9.17. The maximum absolute atomic E-state index is 12.2. The number of carbonyl (C=O) groups excluding carboxylic acids is 1. The first kappa shape index (κ1) is 17.1. The van der Waals surface area contributed by atoms with Crippen LogP contribution in [0.25, 0.3) is 17.2 Å². The van der Waals surface area contributed by atoms with Gasteiger partial charge in [0.15, 0.2) is 16.6 Å². The molecule has 0 aliphatic carbocycles. The highest BCUT2D eigenvalue weighted by Gasteiger charge is 2.24. The number of benzene rings is 2. The molecule has 8 heteroatoms. The molecule has 3 aromatic rings. The van der Waals surface area contributed by atoms with Gasteiger partial charge >= 0.3 is 0 Å². The van der Waals surface area contributed by atoms with Crippen molar-refractivity contribution in [2.45, 2.75) is 6.92 Å². The number of carbonyl (C=O) groups is 1. The summed E-state index contributed by atoms with van der Waals surface area (Å²) in [6.07, 6.45) is 1.78. The Hall–Kier alpha value is -2.28. The van der Waals surface area contributed by atoms with E-state index >= 15 is 0 Å². The summed E-state index contributed by atoms with van der Waals surface area (Å²) in [6, 6.07) is 10.6. The molecule has 1 fully saturated rings. The fourth-order valence-corrected chi connectivity index (χ4v) is 3.62. The molecule has 1 amide bonds. The van der Waals surface area contributed by atoms with E-state index in [1.165, 1.54) is 11.8 Å². The monoisotopic (exact) mass is 403 g/mol. The van der Waals surface area contributed by atoms with Gasteiger partial charge in [-0.05, 0) is 53.7 Å². The van der Waals surface area contributed by atoms with Crippen LogP contribution >= 0.6 is 35.0 Å². The molecule has 1 aliphatic heterocycles. The van der Waals surface area contributed by atoms with Crippen molar-refractivity contribution in [3.8, 4) is 0 Å². The molecule has 0 spiro atoms. The maximum atomic E-state index is 12.2. The minimum absolute atomic E-state index is 0.222. The second-order valence-electron chi connectivity index (χ2n) is 5.54. The third-order valence-corrected chi connectivity index (χ3v) is 5.06. The number of aromatic nitrogens is 1. The van der Waals surface area contributed by atoms with Crippen molar-refractivity contribution in [3.05, 3.63) is 62.8 Å². The molecule has 0 radical (unpaired) electrons. The number of oxazole rings is 1. The Bertz CT molecular complexity index is 1110. The Labute approximate surface area is 163 Å². The Morgan fingerprint density at radius 3 is 2.92 bits per heavy atom. The number of rotatable bonds is 2. The van der Waals surface area contributed by atoms with Crippen molar-refractivity contribution in [1.29, 1.82) is 0 Å². The molecule has 1 N–H and O–H groups in total. The lowest BCUT2D eigenvalue weighted by atomic mass is 10.2. The van der Waals surface area contributed by atoms with Crippen LogP contribution in [-0.4, -0.2) is 16.1 Å². The zero-order chi connectivity index (χ0) is 18.3. The highest BCUT2D eigenvalue weighted by atomic mass is 35.5. The number of fused-ring (bicyclic) bond motifs is 1. The van der Waals surface area contributed by atoms with E-state index in [9.17, 15) is 4.79 Å². The van der Waals surface area contributed by atoms with E-state index in [1.807, 2.05) is 18.2 Å². The number of aryl methyl sites for hydroxylation is 1. The van der Waals surface area contributed by atoms with Crippen molar-refractivity contribution >= 4 is 68.9 Å². The van der Waals surface area contributed by atoms with Crippen molar-refractivity contribution in [1.82, 2.24) is 10.3 Å². The average molecular weight is 404 g/mol. The SMILES string of the molecule is Cc1nc2ccc(/C=C3\S/C(=N/c4cc(Cl)ccc4Cl)NC3=O)cc2o1. The van der Waals surface area contributed by atoms with Crippen LogP contribution in [0.3, 0.4) is 0 Å². The third-order valence-electron chi connectivity index (χ3n) is 3.60. The van der Waals surface area contributed by atoms with E-state index in [-0.39, 0.29) is 5.91 Å². The van der Waals surface area contributed by atoms with Gasteiger partial charge in [-0.1, -0.05) is 29.3 Å².